The smallest absolute Gasteiger partial charge is 0.252 e. The summed E-state index contributed by atoms with van der Waals surface area (Å²) >= 11 is 0. The first-order valence-corrected chi connectivity index (χ1v) is 13.3. The number of fused-ring (bicyclic) bond motifs is 1. The highest BCUT2D eigenvalue weighted by Gasteiger charge is 2.32. The van der Waals surface area contributed by atoms with Crippen LogP contribution in [0.2, 0.25) is 0 Å². The molecule has 38 heavy (non-hydrogen) atoms. The zero-order chi connectivity index (χ0) is 27.8. The van der Waals surface area contributed by atoms with Crippen molar-refractivity contribution in [3.8, 4) is 0 Å². The Bertz CT molecular complexity index is 1160. The molecule has 1 saturated heterocycles. The normalized spacial score (nSPS) is 17.9. The lowest BCUT2D eigenvalue weighted by molar-refractivity contribution is -0.132. The van der Waals surface area contributed by atoms with Crippen LogP contribution in [-0.2, 0) is 19.2 Å². The van der Waals surface area contributed by atoms with E-state index in [9.17, 15) is 24.0 Å². The van der Waals surface area contributed by atoms with E-state index < -0.39 is 35.8 Å². The minimum absolute atomic E-state index is 0.0736. The minimum Gasteiger partial charge on any atom is -0.361 e. The number of aromatic nitrogens is 1. The van der Waals surface area contributed by atoms with Crippen LogP contribution < -0.4 is 21.3 Å². The number of aromatic amines is 1. The summed E-state index contributed by atoms with van der Waals surface area (Å²) in [6.45, 7) is 8.09. The van der Waals surface area contributed by atoms with Crippen molar-refractivity contribution in [3.63, 3.8) is 0 Å². The highest BCUT2D eigenvalue weighted by atomic mass is 16.2. The van der Waals surface area contributed by atoms with Crippen molar-refractivity contribution >= 4 is 40.8 Å². The van der Waals surface area contributed by atoms with Crippen molar-refractivity contribution in [1.82, 2.24) is 26.3 Å². The molecule has 0 radical (unpaired) electrons. The number of hydrogen-bond donors (Lipinski definition) is 5. The van der Waals surface area contributed by atoms with E-state index in [0.717, 1.165) is 17.3 Å². The lowest BCUT2D eigenvalue weighted by atomic mass is 9.91. The topological polar surface area (TPSA) is 149 Å². The van der Waals surface area contributed by atoms with Crippen molar-refractivity contribution < 1.29 is 24.0 Å². The Hall–Kier alpha value is -3.69. The fourth-order valence-electron chi connectivity index (χ4n) is 4.71. The van der Waals surface area contributed by atoms with Gasteiger partial charge in [0.25, 0.3) is 5.91 Å². The van der Waals surface area contributed by atoms with Gasteiger partial charge in [-0.05, 0) is 61.1 Å². The molecule has 0 unspecified atom stereocenters. The van der Waals surface area contributed by atoms with Crippen molar-refractivity contribution in [1.29, 1.82) is 0 Å². The number of rotatable bonds is 12. The van der Waals surface area contributed by atoms with Crippen LogP contribution in [0.25, 0.3) is 10.9 Å². The third kappa shape index (κ3) is 7.66. The molecule has 10 nitrogen and oxygen atoms in total. The van der Waals surface area contributed by atoms with Gasteiger partial charge in [0.05, 0.1) is 6.04 Å². The Morgan fingerprint density at radius 1 is 1.05 bits per heavy atom. The van der Waals surface area contributed by atoms with E-state index in [4.69, 9.17) is 0 Å². The molecule has 1 aliphatic rings. The number of amides is 4. The first-order valence-electron chi connectivity index (χ1n) is 13.3. The van der Waals surface area contributed by atoms with Crippen molar-refractivity contribution in [2.24, 2.45) is 17.8 Å². The van der Waals surface area contributed by atoms with Gasteiger partial charge in [-0.25, -0.2) is 0 Å². The molecule has 1 fully saturated rings. The zero-order valence-corrected chi connectivity index (χ0v) is 22.5. The van der Waals surface area contributed by atoms with Crippen molar-refractivity contribution in [2.45, 2.75) is 71.5 Å². The molecule has 3 rings (SSSR count). The number of benzene rings is 1. The summed E-state index contributed by atoms with van der Waals surface area (Å²) in [6.07, 6.45) is 4.45. The van der Waals surface area contributed by atoms with E-state index >= 15 is 0 Å². The molecule has 1 aromatic carbocycles. The summed E-state index contributed by atoms with van der Waals surface area (Å²) in [7, 11) is 0. The Balaban J connectivity index is 1.67. The monoisotopic (exact) mass is 525 g/mol. The van der Waals surface area contributed by atoms with Crippen LogP contribution in [0.3, 0.4) is 0 Å². The predicted octanol–water partition coefficient (Wildman–Crippen LogP) is 2.05. The Labute approximate surface area is 223 Å². The lowest BCUT2D eigenvalue weighted by Gasteiger charge is -2.28. The summed E-state index contributed by atoms with van der Waals surface area (Å²) < 4.78 is 0. The predicted molar refractivity (Wildman–Crippen MR) is 144 cm³/mol. The van der Waals surface area contributed by atoms with Gasteiger partial charge >= 0.3 is 0 Å². The van der Waals surface area contributed by atoms with Crippen LogP contribution in [0.1, 0.15) is 63.7 Å². The molecule has 1 aliphatic heterocycles. The molecule has 4 atom stereocenters. The van der Waals surface area contributed by atoms with Crippen LogP contribution >= 0.6 is 0 Å². The zero-order valence-electron chi connectivity index (χ0n) is 22.5. The number of piperidine rings is 1. The molecule has 206 valence electrons. The molecule has 0 saturated carbocycles. The molecule has 1 aromatic heterocycles. The molecule has 0 spiro atoms. The van der Waals surface area contributed by atoms with Gasteiger partial charge in [-0.1, -0.05) is 33.8 Å². The first kappa shape index (κ1) is 28.9. The largest absolute Gasteiger partial charge is 0.361 e. The maximum atomic E-state index is 13.3. The molecule has 2 heterocycles. The highest BCUT2D eigenvalue weighted by Crippen LogP contribution is 2.18. The van der Waals surface area contributed by atoms with Gasteiger partial charge in [0.15, 0.2) is 0 Å². The second-order valence-corrected chi connectivity index (χ2v) is 10.8. The standard InChI is InChI=1S/C28H39N5O5/c1-16(2)12-23(27(37)31-21(15-34)13-19-6-5-10-30-25(19)35)32-28(38)24(17(3)4)33-26(36)20-8-7-18-9-11-29-22(18)14-20/h7-9,11,14-17,19,21,23-24,29H,5-6,10,12-13H2,1-4H3,(H,30,35)(H,31,37)(H,32,38)(H,33,36)/t19-,21-,23-,24-/m0/s1. The van der Waals surface area contributed by atoms with Crippen LogP contribution in [0.4, 0.5) is 0 Å². The second kappa shape index (κ2) is 13.2. The van der Waals surface area contributed by atoms with E-state index in [1.807, 2.05) is 39.8 Å². The Morgan fingerprint density at radius 3 is 2.47 bits per heavy atom. The third-order valence-electron chi connectivity index (χ3n) is 6.82. The van der Waals surface area contributed by atoms with Crippen LogP contribution in [-0.4, -0.2) is 59.6 Å². The minimum atomic E-state index is -0.904. The van der Waals surface area contributed by atoms with Crippen molar-refractivity contribution in [2.75, 3.05) is 6.54 Å². The van der Waals surface area contributed by atoms with Gasteiger partial charge in [0, 0.05) is 29.7 Å². The van der Waals surface area contributed by atoms with E-state index in [2.05, 4.69) is 26.3 Å². The maximum absolute atomic E-state index is 13.3. The number of carbonyl (C=O) groups excluding carboxylic acids is 5. The third-order valence-corrected chi connectivity index (χ3v) is 6.82. The van der Waals surface area contributed by atoms with Gasteiger partial charge < -0.3 is 31.0 Å². The van der Waals surface area contributed by atoms with Crippen molar-refractivity contribution in [3.05, 3.63) is 36.0 Å². The van der Waals surface area contributed by atoms with E-state index in [0.29, 0.717) is 31.2 Å². The Kier molecular flexibility index (Phi) is 10.0. The summed E-state index contributed by atoms with van der Waals surface area (Å²) in [5, 5.41) is 12.0. The summed E-state index contributed by atoms with van der Waals surface area (Å²) in [6, 6.07) is 4.53. The fourth-order valence-corrected chi connectivity index (χ4v) is 4.71. The number of carbonyl (C=O) groups is 5. The number of aldehydes is 1. The van der Waals surface area contributed by atoms with Gasteiger partial charge in [-0.15, -0.1) is 0 Å². The molecular weight excluding hydrogens is 486 g/mol. The number of nitrogens with one attached hydrogen (secondary N) is 5. The maximum Gasteiger partial charge on any atom is 0.252 e. The molecule has 10 heteroatoms. The van der Waals surface area contributed by atoms with Gasteiger partial charge in [0.1, 0.15) is 18.4 Å². The lowest BCUT2D eigenvalue weighted by Crippen LogP contribution is -2.57. The average Bonchev–Trinajstić information content (AvgIpc) is 3.35. The summed E-state index contributed by atoms with van der Waals surface area (Å²) in [5.74, 6) is -2.01. The molecule has 2 aromatic rings. The SMILES string of the molecule is CC(C)C[C@H](NC(=O)[C@@H](NC(=O)c1ccc2cc[nH]c2c1)C(C)C)C(=O)N[C@H](C=O)C[C@@H]1CCCNC1=O. The molecule has 0 bridgehead atoms. The van der Waals surface area contributed by atoms with E-state index in [1.165, 1.54) is 0 Å². The average molecular weight is 526 g/mol. The first-order chi connectivity index (χ1) is 18.1. The molecular formula is C28H39N5O5. The van der Waals surface area contributed by atoms with Gasteiger partial charge in [-0.3, -0.25) is 19.2 Å². The fraction of sp³-hybridized carbons (Fsp3) is 0.536. The second-order valence-electron chi connectivity index (χ2n) is 10.8. The van der Waals surface area contributed by atoms with Gasteiger partial charge in [0.2, 0.25) is 17.7 Å². The van der Waals surface area contributed by atoms with Crippen LogP contribution in [0.15, 0.2) is 30.5 Å². The summed E-state index contributed by atoms with van der Waals surface area (Å²) in [5.41, 5.74) is 1.22. The molecule has 4 amide bonds. The number of H-pyrrole nitrogens is 1. The number of hydrogen-bond acceptors (Lipinski definition) is 5. The van der Waals surface area contributed by atoms with E-state index in [-0.39, 0.29) is 30.1 Å². The van der Waals surface area contributed by atoms with E-state index in [1.54, 1.807) is 18.3 Å². The van der Waals surface area contributed by atoms with Crippen LogP contribution in [0, 0.1) is 17.8 Å². The molecule has 5 N–H and O–H groups in total. The highest BCUT2D eigenvalue weighted by molar-refractivity contribution is 6.00. The summed E-state index contributed by atoms with van der Waals surface area (Å²) in [4.78, 5) is 66.3. The quantitative estimate of drug-likeness (QED) is 0.269. The molecule has 0 aliphatic carbocycles. The van der Waals surface area contributed by atoms with Gasteiger partial charge in [-0.2, -0.15) is 0 Å². The Morgan fingerprint density at radius 2 is 1.82 bits per heavy atom. The van der Waals surface area contributed by atoms with Crippen LogP contribution in [0.5, 0.6) is 0 Å².